The molecule has 6 aromatic rings. The average molecular weight is 1170 g/mol. The smallest absolute Gasteiger partial charge is 0.744 e. The molecular formula is C30H14N4Na6O24S6Si. The minimum absolute atomic E-state index is 0. The molecule has 71 heavy (non-hydrogen) atoms. The van der Waals surface area contributed by atoms with E-state index in [1.165, 1.54) is 0 Å². The molecule has 0 radical (unpaired) electrons. The third kappa shape index (κ3) is 15.9. The number of nitrogens with zero attached hydrogens (tertiary/aromatic N) is 4. The van der Waals surface area contributed by atoms with Gasteiger partial charge in [-0.2, -0.15) is 0 Å². The van der Waals surface area contributed by atoms with Gasteiger partial charge in [0.25, 0.3) is 0 Å². The number of benzene rings is 6. The van der Waals surface area contributed by atoms with E-state index in [9.17, 15) is 102 Å². The molecule has 4 N–H and O–H groups in total. The van der Waals surface area contributed by atoms with Gasteiger partial charge in [-0.15, -0.1) is 20.5 Å². The standard InChI is InChI=1S/C30H20N4O24S6Si.6Na/c35-21-10-15(60(41,42)43)2-12-4-24(64(53,54)55)28(30(37)26(12)21)34-32-20-9-14(59(38,39)40)1-11-3-23(63(50,51)52)27(29(36)25(11)20)33-31-19-8-16(61(44,45)46)7-18-17(19)5-13(58-65(56)57)6-22(18)62(47,48)49;;;;;;/h1-10,35-37,56H,(H,38,39,40)(H,41,42,43)(H,44,45,46)(H,47,48,49)(H,50,51,52)(H,53,54,55);;;;;;/q;6*+1/p-6. The Balaban J connectivity index is 0.00000817. The summed E-state index contributed by atoms with van der Waals surface area (Å²) in [5, 5.41) is 41.6. The number of hydrogen-bond donors (Lipinski definition) is 4. The van der Waals surface area contributed by atoms with Crippen LogP contribution < -0.4 is 182 Å². The quantitative estimate of drug-likeness (QED) is 0.0502. The van der Waals surface area contributed by atoms with Gasteiger partial charge in [0.05, 0.1) is 51.5 Å². The first-order valence-electron chi connectivity index (χ1n) is 16.0. The predicted molar refractivity (Wildman–Crippen MR) is 202 cm³/mol. The van der Waals surface area contributed by atoms with E-state index in [2.05, 4.69) is 24.9 Å². The van der Waals surface area contributed by atoms with Gasteiger partial charge in [-0.05, 0) is 71.4 Å². The molecule has 0 aliphatic heterocycles. The summed E-state index contributed by atoms with van der Waals surface area (Å²) >= 11 is 0. The summed E-state index contributed by atoms with van der Waals surface area (Å²) in [6, 6.07) is 3.57. The maximum Gasteiger partial charge on any atom is 1.00 e. The van der Waals surface area contributed by atoms with Gasteiger partial charge in [0, 0.05) is 10.8 Å². The topological polar surface area (TPSA) is 500 Å². The summed E-state index contributed by atoms with van der Waals surface area (Å²) < 4.78 is 235. The van der Waals surface area contributed by atoms with E-state index in [4.69, 9.17) is 0 Å². The molecule has 0 spiro atoms. The Morgan fingerprint density at radius 2 is 0.803 bits per heavy atom. The van der Waals surface area contributed by atoms with Gasteiger partial charge >= 0.3 is 187 Å². The van der Waals surface area contributed by atoms with Crippen LogP contribution in [0.3, 0.4) is 0 Å². The maximum atomic E-state index is 12.6. The molecule has 41 heteroatoms. The fraction of sp³-hybridized carbons (Fsp3) is 0. The molecule has 0 saturated carbocycles. The molecule has 0 fully saturated rings. The molecule has 0 aliphatic carbocycles. The molecular weight excluding hydrogens is 1160 g/mol. The number of aromatic hydroxyl groups is 3. The van der Waals surface area contributed by atoms with Crippen molar-refractivity contribution < 1.29 is 284 Å². The van der Waals surface area contributed by atoms with Crippen molar-refractivity contribution in [1.29, 1.82) is 0 Å². The zero-order chi connectivity index (χ0) is 48.7. The van der Waals surface area contributed by atoms with Gasteiger partial charge in [-0.1, -0.05) is 0 Å². The van der Waals surface area contributed by atoms with Crippen molar-refractivity contribution >= 4 is 125 Å². The Morgan fingerprint density at radius 3 is 1.23 bits per heavy atom. The molecule has 0 aliphatic rings. The maximum absolute atomic E-state index is 12.6. The van der Waals surface area contributed by atoms with Gasteiger partial charge in [0.1, 0.15) is 83.6 Å². The van der Waals surface area contributed by atoms with Crippen molar-refractivity contribution in [3.05, 3.63) is 60.7 Å². The van der Waals surface area contributed by atoms with Crippen molar-refractivity contribution in [2.75, 3.05) is 0 Å². The molecule has 6 aromatic carbocycles. The van der Waals surface area contributed by atoms with Crippen molar-refractivity contribution in [2.45, 2.75) is 29.4 Å². The van der Waals surface area contributed by atoms with E-state index in [0.29, 0.717) is 48.5 Å². The van der Waals surface area contributed by atoms with Crippen LogP contribution in [0.1, 0.15) is 0 Å². The third-order valence-corrected chi connectivity index (χ3v) is 14.0. The minimum atomic E-state index is -5.96. The van der Waals surface area contributed by atoms with Gasteiger partial charge in [0.2, 0.25) is 0 Å². The Hall–Kier alpha value is -0.223. The molecule has 344 valence electrons. The third-order valence-electron chi connectivity index (χ3n) is 8.56. The van der Waals surface area contributed by atoms with Crippen LogP contribution in [-0.2, 0) is 65.2 Å². The molecule has 0 bridgehead atoms. The molecule has 0 aromatic heterocycles. The number of phenols is 3. The molecule has 0 unspecified atom stereocenters. The minimum Gasteiger partial charge on any atom is -0.744 e. The first kappa shape index (κ1) is 70.8. The van der Waals surface area contributed by atoms with E-state index < -0.39 is 177 Å². The average Bonchev–Trinajstić information content (AvgIpc) is 3.13. The van der Waals surface area contributed by atoms with Gasteiger partial charge in [-0.3, -0.25) is 4.46 Å². The van der Waals surface area contributed by atoms with Crippen LogP contribution in [-0.4, -0.2) is 107 Å². The first-order chi connectivity index (χ1) is 29.6. The van der Waals surface area contributed by atoms with Gasteiger partial charge in [-0.25, -0.2) is 50.5 Å². The molecule has 0 amide bonds. The molecule has 0 heterocycles. The van der Waals surface area contributed by atoms with Crippen molar-refractivity contribution in [1.82, 2.24) is 0 Å². The van der Waals surface area contributed by atoms with Crippen LogP contribution in [0, 0.1) is 0 Å². The van der Waals surface area contributed by atoms with E-state index in [-0.39, 0.29) is 189 Å². The molecule has 28 nitrogen and oxygen atoms in total. The molecule has 0 saturated heterocycles. The zero-order valence-corrected chi connectivity index (χ0v) is 54.4. The Kier molecular flexibility index (Phi) is 25.4. The fourth-order valence-electron chi connectivity index (χ4n) is 5.98. The number of hydrogen-bond acceptors (Lipinski definition) is 27. The monoisotopic (exact) mass is 1170 g/mol. The summed E-state index contributed by atoms with van der Waals surface area (Å²) in [5.74, 6) is -5.18. The van der Waals surface area contributed by atoms with E-state index in [0.717, 1.165) is 0 Å². The Morgan fingerprint density at radius 1 is 0.423 bits per heavy atom. The Bertz CT molecular complexity index is 3950. The normalized spacial score (nSPS) is 12.3. The second kappa shape index (κ2) is 25.5. The number of azo groups is 2. The van der Waals surface area contributed by atoms with Crippen LogP contribution in [0.15, 0.2) is 110 Å². The largest absolute Gasteiger partial charge is 1.00 e. The van der Waals surface area contributed by atoms with Crippen molar-refractivity contribution in [2.24, 2.45) is 20.5 Å². The van der Waals surface area contributed by atoms with Gasteiger partial charge < -0.3 is 51.9 Å². The second-order valence-electron chi connectivity index (χ2n) is 12.7. The SMILES string of the molecule is O=[Si](O)Oc1cc(S(=O)(=O)[O-])c2cc(S(=O)(=O)[O-])cc(N=Nc3c(S(=O)(=O)[O-])cc4cc(S(=O)(=O)[O-])cc(N=Nc5c(S(=O)(=O)[O-])cc6cc(S(=O)(=O)[O-])cc(O)c6c5O)c4c3O)c2c1.[Na+].[Na+].[Na+].[Na+].[Na+].[Na+]. The van der Waals surface area contributed by atoms with E-state index >= 15 is 0 Å². The van der Waals surface area contributed by atoms with E-state index in [1.807, 2.05) is 0 Å². The fourth-order valence-corrected chi connectivity index (χ4v) is 9.86. The summed E-state index contributed by atoms with van der Waals surface area (Å²) in [5.41, 5.74) is -5.10. The van der Waals surface area contributed by atoms with Crippen LogP contribution >= 0.6 is 0 Å². The Labute approximate surface area is 533 Å². The second-order valence-corrected chi connectivity index (χ2v) is 21.6. The number of fused-ring (bicyclic) bond motifs is 3. The summed E-state index contributed by atoms with van der Waals surface area (Å²) in [6.07, 6.45) is 0. The van der Waals surface area contributed by atoms with Gasteiger partial charge in [0.15, 0.2) is 11.5 Å². The van der Waals surface area contributed by atoms with Crippen LogP contribution in [0.5, 0.6) is 23.0 Å². The summed E-state index contributed by atoms with van der Waals surface area (Å²) in [7, 11) is -38.1. The van der Waals surface area contributed by atoms with Crippen LogP contribution in [0.25, 0.3) is 32.3 Å². The van der Waals surface area contributed by atoms with Crippen molar-refractivity contribution in [3.8, 4) is 23.0 Å². The molecule has 6 rings (SSSR count). The summed E-state index contributed by atoms with van der Waals surface area (Å²) in [4.78, 5) is 0.812. The molecule has 0 atom stereocenters. The predicted octanol–water partition coefficient (Wildman–Crippen LogP) is -16.7. The number of rotatable bonds is 12. The number of phenolic OH excluding ortho intramolecular Hbond substituents is 3. The first-order valence-corrected chi connectivity index (χ1v) is 25.8. The van der Waals surface area contributed by atoms with Crippen LogP contribution in [0.4, 0.5) is 22.7 Å². The van der Waals surface area contributed by atoms with Crippen molar-refractivity contribution in [3.63, 3.8) is 0 Å². The summed E-state index contributed by atoms with van der Waals surface area (Å²) in [6.45, 7) is 0. The van der Waals surface area contributed by atoms with E-state index in [1.54, 1.807) is 0 Å². The zero-order valence-electron chi connectivity index (χ0n) is 36.5. The van der Waals surface area contributed by atoms with Crippen LogP contribution in [0.2, 0.25) is 0 Å².